The largest absolute Gasteiger partial charge is 0.465 e. The van der Waals surface area contributed by atoms with Crippen LogP contribution in [0.3, 0.4) is 0 Å². The molecule has 2 saturated heterocycles. The molecule has 0 bridgehead atoms. The van der Waals surface area contributed by atoms with Crippen LogP contribution in [0.15, 0.2) is 36.5 Å². The van der Waals surface area contributed by atoms with Gasteiger partial charge in [0.1, 0.15) is 5.82 Å². The molecule has 1 aromatic heterocycles. The van der Waals surface area contributed by atoms with E-state index in [1.165, 1.54) is 4.90 Å². The zero-order valence-electron chi connectivity index (χ0n) is 19.9. The van der Waals surface area contributed by atoms with Gasteiger partial charge in [0.25, 0.3) is 5.91 Å². The summed E-state index contributed by atoms with van der Waals surface area (Å²) in [5, 5.41) is 12.1. The number of benzene rings is 1. The van der Waals surface area contributed by atoms with Crippen molar-refractivity contribution in [3.8, 4) is 11.1 Å². The molecule has 35 heavy (non-hydrogen) atoms. The van der Waals surface area contributed by atoms with Crippen LogP contribution in [0, 0.1) is 12.8 Å². The van der Waals surface area contributed by atoms with E-state index in [-0.39, 0.29) is 11.9 Å². The number of urea groups is 1. The SMILES string of the molecule is Cc1ccc(C(=O)NC2CC2)cc1-c1ccc(N2CCN(CC3CCN(C(=O)O)CC3)C2=O)nc1. The van der Waals surface area contributed by atoms with Gasteiger partial charge in [-0.3, -0.25) is 9.69 Å². The lowest BCUT2D eigenvalue weighted by Gasteiger charge is -2.32. The minimum atomic E-state index is -0.871. The Bertz CT molecular complexity index is 1120. The van der Waals surface area contributed by atoms with Crippen molar-refractivity contribution in [3.05, 3.63) is 47.7 Å². The fourth-order valence-corrected chi connectivity index (χ4v) is 4.86. The first-order valence-corrected chi connectivity index (χ1v) is 12.3. The minimum absolute atomic E-state index is 0.0466. The van der Waals surface area contributed by atoms with Gasteiger partial charge in [-0.2, -0.15) is 0 Å². The maximum absolute atomic E-state index is 13.0. The third-order valence-corrected chi connectivity index (χ3v) is 7.21. The summed E-state index contributed by atoms with van der Waals surface area (Å²) in [6.07, 6.45) is 4.54. The maximum atomic E-state index is 13.0. The summed E-state index contributed by atoms with van der Waals surface area (Å²) in [6.45, 7) is 4.92. The molecule has 4 amide bonds. The van der Waals surface area contributed by atoms with Crippen molar-refractivity contribution in [1.82, 2.24) is 20.1 Å². The molecular weight excluding hydrogens is 446 g/mol. The predicted molar refractivity (Wildman–Crippen MR) is 132 cm³/mol. The summed E-state index contributed by atoms with van der Waals surface area (Å²) in [6, 6.07) is 9.77. The van der Waals surface area contributed by atoms with Crippen molar-refractivity contribution in [2.75, 3.05) is 37.6 Å². The Morgan fingerprint density at radius 2 is 1.83 bits per heavy atom. The topological polar surface area (TPSA) is 106 Å². The number of hydrogen-bond acceptors (Lipinski definition) is 4. The molecule has 3 aliphatic rings. The van der Waals surface area contributed by atoms with Gasteiger partial charge < -0.3 is 20.2 Å². The Hall–Kier alpha value is -3.62. The Labute approximate surface area is 204 Å². The molecule has 1 aromatic carbocycles. The average molecular weight is 478 g/mol. The lowest BCUT2D eigenvalue weighted by Crippen LogP contribution is -2.42. The van der Waals surface area contributed by atoms with Gasteiger partial charge in [0.15, 0.2) is 0 Å². The molecule has 2 aromatic rings. The number of amides is 4. The highest BCUT2D eigenvalue weighted by Crippen LogP contribution is 2.28. The van der Waals surface area contributed by atoms with Crippen LogP contribution in [0.4, 0.5) is 15.4 Å². The summed E-state index contributed by atoms with van der Waals surface area (Å²) >= 11 is 0. The van der Waals surface area contributed by atoms with E-state index in [0.717, 1.165) is 42.4 Å². The van der Waals surface area contributed by atoms with E-state index in [0.29, 0.717) is 56.1 Å². The van der Waals surface area contributed by atoms with Gasteiger partial charge in [-0.25, -0.2) is 14.6 Å². The number of nitrogens with one attached hydrogen (secondary N) is 1. The van der Waals surface area contributed by atoms with E-state index >= 15 is 0 Å². The van der Waals surface area contributed by atoms with Crippen molar-refractivity contribution in [1.29, 1.82) is 0 Å². The third kappa shape index (κ3) is 5.08. The Morgan fingerprint density at radius 1 is 1.06 bits per heavy atom. The lowest BCUT2D eigenvalue weighted by molar-refractivity contribution is 0.0951. The van der Waals surface area contributed by atoms with Crippen LogP contribution >= 0.6 is 0 Å². The third-order valence-electron chi connectivity index (χ3n) is 7.21. The van der Waals surface area contributed by atoms with E-state index in [9.17, 15) is 14.4 Å². The van der Waals surface area contributed by atoms with E-state index < -0.39 is 6.09 Å². The molecule has 0 atom stereocenters. The summed E-state index contributed by atoms with van der Waals surface area (Å²) in [4.78, 5) is 46.2. The number of piperidine rings is 1. The number of carboxylic acid groups (broad SMARTS) is 1. The Kier molecular flexibility index (Phi) is 6.32. The van der Waals surface area contributed by atoms with Crippen molar-refractivity contribution in [2.24, 2.45) is 5.92 Å². The molecule has 3 fully saturated rings. The number of rotatable bonds is 6. The number of pyridine rings is 1. The molecule has 0 unspecified atom stereocenters. The van der Waals surface area contributed by atoms with Gasteiger partial charge >= 0.3 is 12.1 Å². The van der Waals surface area contributed by atoms with Gasteiger partial charge in [0, 0.05) is 56.1 Å². The van der Waals surface area contributed by atoms with Crippen molar-refractivity contribution in [3.63, 3.8) is 0 Å². The van der Waals surface area contributed by atoms with Crippen LogP contribution < -0.4 is 10.2 Å². The van der Waals surface area contributed by atoms with Crippen LogP contribution in [-0.2, 0) is 0 Å². The van der Waals surface area contributed by atoms with Gasteiger partial charge in [-0.1, -0.05) is 6.07 Å². The number of likely N-dealkylation sites (tertiary alicyclic amines) is 1. The quantitative estimate of drug-likeness (QED) is 0.662. The number of carbonyl (C=O) groups is 3. The monoisotopic (exact) mass is 477 g/mol. The molecule has 184 valence electrons. The van der Waals surface area contributed by atoms with E-state index in [2.05, 4.69) is 10.3 Å². The summed E-state index contributed by atoms with van der Waals surface area (Å²) < 4.78 is 0. The minimum Gasteiger partial charge on any atom is -0.465 e. The number of hydrogen-bond donors (Lipinski definition) is 2. The Balaban J connectivity index is 1.23. The van der Waals surface area contributed by atoms with Crippen LogP contribution in [0.5, 0.6) is 0 Å². The molecule has 1 saturated carbocycles. The molecule has 9 nitrogen and oxygen atoms in total. The Morgan fingerprint density at radius 3 is 2.49 bits per heavy atom. The lowest BCUT2D eigenvalue weighted by atomic mass is 9.96. The normalized spacial score (nSPS) is 18.8. The van der Waals surface area contributed by atoms with Crippen molar-refractivity contribution < 1.29 is 19.5 Å². The van der Waals surface area contributed by atoms with E-state index in [1.807, 2.05) is 42.2 Å². The van der Waals surface area contributed by atoms with Crippen LogP contribution in [0.25, 0.3) is 11.1 Å². The first-order valence-electron chi connectivity index (χ1n) is 12.3. The maximum Gasteiger partial charge on any atom is 0.407 e. The fraction of sp³-hybridized carbons (Fsp3) is 0.462. The van der Waals surface area contributed by atoms with Gasteiger partial charge in [-0.15, -0.1) is 0 Å². The van der Waals surface area contributed by atoms with Crippen LogP contribution in [-0.4, -0.2) is 76.7 Å². The molecule has 3 heterocycles. The second kappa shape index (κ2) is 9.56. The first-order chi connectivity index (χ1) is 16.9. The smallest absolute Gasteiger partial charge is 0.407 e. The van der Waals surface area contributed by atoms with Gasteiger partial charge in [0.2, 0.25) is 0 Å². The number of anilines is 1. The molecule has 0 spiro atoms. The number of carbonyl (C=O) groups excluding carboxylic acids is 2. The molecule has 5 rings (SSSR count). The average Bonchev–Trinajstić information content (AvgIpc) is 3.61. The first kappa shape index (κ1) is 23.1. The zero-order chi connectivity index (χ0) is 24.5. The van der Waals surface area contributed by atoms with E-state index in [4.69, 9.17) is 5.11 Å². The number of aryl methyl sites for hydroxylation is 1. The fourth-order valence-electron chi connectivity index (χ4n) is 4.86. The number of nitrogens with zero attached hydrogens (tertiary/aromatic N) is 4. The van der Waals surface area contributed by atoms with Gasteiger partial charge in [-0.05, 0) is 73.9 Å². The van der Waals surface area contributed by atoms with Gasteiger partial charge in [0.05, 0.1) is 0 Å². The molecule has 9 heteroatoms. The van der Waals surface area contributed by atoms with Crippen molar-refractivity contribution >= 4 is 23.8 Å². The summed E-state index contributed by atoms with van der Waals surface area (Å²) in [5.74, 6) is 0.883. The van der Waals surface area contributed by atoms with Crippen LogP contribution in [0.2, 0.25) is 0 Å². The second-order valence-electron chi connectivity index (χ2n) is 9.78. The summed E-state index contributed by atoms with van der Waals surface area (Å²) in [5.41, 5.74) is 3.55. The second-order valence-corrected chi connectivity index (χ2v) is 9.78. The van der Waals surface area contributed by atoms with Crippen molar-refractivity contribution in [2.45, 2.75) is 38.6 Å². The highest BCUT2D eigenvalue weighted by molar-refractivity contribution is 5.96. The standard InChI is InChI=1S/C26H31N5O4/c1-17-2-3-19(24(32)28-21-5-6-21)14-22(17)20-4-7-23(27-15-20)31-13-12-30(25(31)33)16-18-8-10-29(11-9-18)26(34)35/h2-4,7,14-15,18,21H,5-6,8-13,16H2,1H3,(H,28,32)(H,34,35). The molecule has 2 aliphatic heterocycles. The highest BCUT2D eigenvalue weighted by Gasteiger charge is 2.33. The molecular formula is C26H31N5O4. The predicted octanol–water partition coefficient (Wildman–Crippen LogP) is 3.58. The molecule has 2 N–H and O–H groups in total. The molecule has 0 radical (unpaired) electrons. The zero-order valence-corrected chi connectivity index (χ0v) is 19.9. The van der Waals surface area contributed by atoms with Crippen LogP contribution in [0.1, 0.15) is 41.6 Å². The van der Waals surface area contributed by atoms with E-state index in [1.54, 1.807) is 11.1 Å². The number of aromatic nitrogens is 1. The summed E-state index contributed by atoms with van der Waals surface area (Å²) in [7, 11) is 0. The molecule has 1 aliphatic carbocycles. The highest BCUT2D eigenvalue weighted by atomic mass is 16.4.